The Balaban J connectivity index is 1.71. The molecule has 2 rings (SSSR count). The van der Waals surface area contributed by atoms with Crippen LogP contribution in [0.1, 0.15) is 39.0 Å². The number of carbonyl (C=O) groups is 3. The summed E-state index contributed by atoms with van der Waals surface area (Å²) in [6.07, 6.45) is -0.841. The van der Waals surface area contributed by atoms with E-state index in [1.54, 1.807) is 4.90 Å². The van der Waals surface area contributed by atoms with Crippen molar-refractivity contribution < 1.29 is 37.0 Å². The SMILES string of the molecule is C[C@@H]1CCN(C(=O)COC(=O)CNC(=O)OCC(F)(F)F)[C@H]2CCCC[C@@H]12. The van der Waals surface area contributed by atoms with Gasteiger partial charge in [-0.1, -0.05) is 19.8 Å². The zero-order chi connectivity index (χ0) is 20.0. The lowest BCUT2D eigenvalue weighted by atomic mass is 9.72. The number of nitrogens with one attached hydrogen (secondary N) is 1. The number of rotatable bonds is 5. The third kappa shape index (κ3) is 6.59. The van der Waals surface area contributed by atoms with Gasteiger partial charge in [-0.3, -0.25) is 9.59 Å². The van der Waals surface area contributed by atoms with E-state index in [0.717, 1.165) is 25.7 Å². The van der Waals surface area contributed by atoms with Crippen molar-refractivity contribution in [2.24, 2.45) is 11.8 Å². The van der Waals surface area contributed by atoms with E-state index in [1.807, 2.05) is 5.32 Å². The lowest BCUT2D eigenvalue weighted by Gasteiger charge is -2.47. The minimum absolute atomic E-state index is 0.171. The van der Waals surface area contributed by atoms with Crippen LogP contribution in [-0.2, 0) is 19.1 Å². The van der Waals surface area contributed by atoms with Gasteiger partial charge in [0.25, 0.3) is 5.91 Å². The normalized spacial score (nSPS) is 25.3. The van der Waals surface area contributed by atoms with Crippen molar-refractivity contribution in [3.8, 4) is 0 Å². The summed E-state index contributed by atoms with van der Waals surface area (Å²) in [5.74, 6) is -0.171. The molecule has 0 unspecified atom stereocenters. The first-order chi connectivity index (χ1) is 12.7. The van der Waals surface area contributed by atoms with Gasteiger partial charge in [0, 0.05) is 12.6 Å². The molecule has 3 atom stereocenters. The number of likely N-dealkylation sites (tertiary alicyclic amines) is 1. The number of fused-ring (bicyclic) bond motifs is 1. The molecule has 7 nitrogen and oxygen atoms in total. The highest BCUT2D eigenvalue weighted by atomic mass is 19.4. The van der Waals surface area contributed by atoms with Gasteiger partial charge in [0.2, 0.25) is 0 Å². The van der Waals surface area contributed by atoms with Crippen molar-refractivity contribution in [1.82, 2.24) is 10.2 Å². The maximum absolute atomic E-state index is 12.4. The number of halogens is 3. The zero-order valence-electron chi connectivity index (χ0n) is 15.2. The second kappa shape index (κ2) is 9.27. The van der Waals surface area contributed by atoms with Crippen molar-refractivity contribution in [2.75, 3.05) is 26.3 Å². The van der Waals surface area contributed by atoms with Crippen LogP contribution in [0.15, 0.2) is 0 Å². The Bertz CT molecular complexity index is 555. The lowest BCUT2D eigenvalue weighted by Crippen LogP contribution is -2.53. The molecule has 2 fully saturated rings. The number of esters is 1. The third-order valence-electron chi connectivity index (χ3n) is 5.16. The standard InChI is InChI=1S/C17H25F3N2O5/c1-11-6-7-22(13-5-3-2-4-12(11)13)14(23)9-26-15(24)8-21-16(25)27-10-17(18,19)20/h11-13H,2-10H2,1H3,(H,21,25)/t11-,12+,13+/m1/s1. The average Bonchev–Trinajstić information content (AvgIpc) is 2.62. The zero-order valence-corrected chi connectivity index (χ0v) is 15.2. The molecule has 0 aromatic rings. The number of hydrogen-bond donors (Lipinski definition) is 1. The molecule has 0 spiro atoms. The maximum Gasteiger partial charge on any atom is 0.422 e. The van der Waals surface area contributed by atoms with Crippen molar-refractivity contribution in [3.05, 3.63) is 0 Å². The molecule has 154 valence electrons. The van der Waals surface area contributed by atoms with Crippen LogP contribution in [0.4, 0.5) is 18.0 Å². The molecule has 2 aliphatic rings. The number of nitrogens with zero attached hydrogens (tertiary/aromatic N) is 1. The molecule has 2 amide bonds. The van der Waals surface area contributed by atoms with Gasteiger partial charge in [0.15, 0.2) is 13.2 Å². The summed E-state index contributed by atoms with van der Waals surface area (Å²) in [5, 5.41) is 1.85. The summed E-state index contributed by atoms with van der Waals surface area (Å²) < 4.78 is 44.4. The van der Waals surface area contributed by atoms with Gasteiger partial charge in [-0.15, -0.1) is 0 Å². The number of ether oxygens (including phenoxy) is 2. The van der Waals surface area contributed by atoms with Crippen LogP contribution in [0.3, 0.4) is 0 Å². The quantitative estimate of drug-likeness (QED) is 0.723. The topological polar surface area (TPSA) is 84.9 Å². The monoisotopic (exact) mass is 394 g/mol. The van der Waals surface area contributed by atoms with Crippen molar-refractivity contribution >= 4 is 18.0 Å². The average molecular weight is 394 g/mol. The molecule has 10 heteroatoms. The second-order valence-electron chi connectivity index (χ2n) is 7.07. The summed E-state index contributed by atoms with van der Waals surface area (Å²) in [6, 6.07) is 0.171. The summed E-state index contributed by atoms with van der Waals surface area (Å²) in [5.41, 5.74) is 0. The first kappa shape index (κ1) is 21.3. The number of carbonyl (C=O) groups excluding carboxylic acids is 3. The molecule has 1 saturated carbocycles. The molecule has 27 heavy (non-hydrogen) atoms. The number of amides is 2. The number of alkyl halides is 3. The van der Waals surface area contributed by atoms with E-state index < -0.39 is 38.0 Å². The fourth-order valence-corrected chi connectivity index (χ4v) is 3.84. The van der Waals surface area contributed by atoms with E-state index >= 15 is 0 Å². The van der Waals surface area contributed by atoms with E-state index in [0.29, 0.717) is 18.4 Å². The molecule has 0 aromatic carbocycles. The van der Waals surface area contributed by atoms with Crippen molar-refractivity contribution in [3.63, 3.8) is 0 Å². The highest BCUT2D eigenvalue weighted by Crippen LogP contribution is 2.38. The summed E-state index contributed by atoms with van der Waals surface area (Å²) in [4.78, 5) is 36.8. The maximum atomic E-state index is 12.4. The van der Waals surface area contributed by atoms with Crippen LogP contribution >= 0.6 is 0 Å². The molecule has 0 bridgehead atoms. The van der Waals surface area contributed by atoms with E-state index in [2.05, 4.69) is 11.7 Å². The number of hydrogen-bond acceptors (Lipinski definition) is 5. The molecule has 1 aliphatic carbocycles. The minimum atomic E-state index is -4.65. The van der Waals surface area contributed by atoms with E-state index in [-0.39, 0.29) is 11.9 Å². The van der Waals surface area contributed by atoms with Crippen LogP contribution in [0.2, 0.25) is 0 Å². The lowest BCUT2D eigenvalue weighted by molar-refractivity contribution is -0.160. The molecule has 1 N–H and O–H groups in total. The highest BCUT2D eigenvalue weighted by molar-refractivity contribution is 5.83. The smallest absolute Gasteiger partial charge is 0.422 e. The van der Waals surface area contributed by atoms with E-state index in [4.69, 9.17) is 4.74 Å². The van der Waals surface area contributed by atoms with Crippen LogP contribution in [0.25, 0.3) is 0 Å². The number of piperidine rings is 1. The van der Waals surface area contributed by atoms with E-state index in [1.165, 1.54) is 6.42 Å². The van der Waals surface area contributed by atoms with Gasteiger partial charge in [0.1, 0.15) is 6.54 Å². The Morgan fingerprint density at radius 3 is 2.52 bits per heavy atom. The number of alkyl carbamates (subject to hydrolysis) is 1. The fraction of sp³-hybridized carbons (Fsp3) is 0.824. The fourth-order valence-electron chi connectivity index (χ4n) is 3.84. The van der Waals surface area contributed by atoms with Gasteiger partial charge in [-0.25, -0.2) is 4.79 Å². The Morgan fingerprint density at radius 1 is 1.11 bits per heavy atom. The van der Waals surface area contributed by atoms with E-state index in [9.17, 15) is 27.6 Å². The first-order valence-electron chi connectivity index (χ1n) is 9.10. The van der Waals surface area contributed by atoms with Gasteiger partial charge in [-0.05, 0) is 31.1 Å². The van der Waals surface area contributed by atoms with Crippen LogP contribution in [0.5, 0.6) is 0 Å². The molecule has 1 saturated heterocycles. The summed E-state index contributed by atoms with van der Waals surface area (Å²) >= 11 is 0. The van der Waals surface area contributed by atoms with Gasteiger partial charge < -0.3 is 19.7 Å². The Labute approximate surface area is 155 Å². The minimum Gasteiger partial charge on any atom is -0.454 e. The molecular formula is C17H25F3N2O5. The highest BCUT2D eigenvalue weighted by Gasteiger charge is 2.39. The third-order valence-corrected chi connectivity index (χ3v) is 5.16. The van der Waals surface area contributed by atoms with Crippen LogP contribution in [-0.4, -0.2) is 61.4 Å². The predicted molar refractivity (Wildman–Crippen MR) is 87.6 cm³/mol. The largest absolute Gasteiger partial charge is 0.454 e. The molecule has 1 heterocycles. The molecular weight excluding hydrogens is 369 g/mol. The van der Waals surface area contributed by atoms with Gasteiger partial charge >= 0.3 is 18.2 Å². The summed E-state index contributed by atoms with van der Waals surface area (Å²) in [7, 11) is 0. The molecule has 0 aromatic heterocycles. The Morgan fingerprint density at radius 2 is 1.81 bits per heavy atom. The first-order valence-corrected chi connectivity index (χ1v) is 9.10. The van der Waals surface area contributed by atoms with Crippen molar-refractivity contribution in [2.45, 2.75) is 51.2 Å². The van der Waals surface area contributed by atoms with Gasteiger partial charge in [-0.2, -0.15) is 13.2 Å². The van der Waals surface area contributed by atoms with Gasteiger partial charge in [0.05, 0.1) is 0 Å². The second-order valence-corrected chi connectivity index (χ2v) is 7.07. The van der Waals surface area contributed by atoms with Crippen LogP contribution < -0.4 is 5.32 Å². The Hall–Kier alpha value is -2.00. The molecule has 0 radical (unpaired) electrons. The van der Waals surface area contributed by atoms with Crippen molar-refractivity contribution in [1.29, 1.82) is 0 Å². The molecule has 1 aliphatic heterocycles. The Kier molecular flexibility index (Phi) is 7.32. The summed E-state index contributed by atoms with van der Waals surface area (Å²) in [6.45, 7) is -0.0415. The predicted octanol–water partition coefficient (Wildman–Crippen LogP) is 2.25. The van der Waals surface area contributed by atoms with Crippen LogP contribution in [0, 0.1) is 11.8 Å².